The predicted molar refractivity (Wildman–Crippen MR) is 130 cm³/mol. The summed E-state index contributed by atoms with van der Waals surface area (Å²) in [6.45, 7) is 0.330. The van der Waals surface area contributed by atoms with Crippen LogP contribution in [0, 0.1) is 0 Å². The van der Waals surface area contributed by atoms with Crippen molar-refractivity contribution in [3.63, 3.8) is 0 Å². The van der Waals surface area contributed by atoms with Crippen LogP contribution in [0.3, 0.4) is 0 Å². The summed E-state index contributed by atoms with van der Waals surface area (Å²) >= 11 is 0. The minimum Gasteiger partial charge on any atom is -0.469 e. The SMILES string of the molecule is COC(=O)CCc1cccc(CN(Cc2ccc(-n3cccn3)cc2)S(=O)(=O)c2cn(C)cn2)c1. The molecule has 9 nitrogen and oxygen atoms in total. The number of imidazole rings is 1. The Bertz CT molecular complexity index is 1380. The van der Waals surface area contributed by atoms with Gasteiger partial charge in [-0.1, -0.05) is 36.4 Å². The van der Waals surface area contributed by atoms with Crippen LogP contribution in [0.5, 0.6) is 0 Å². The van der Waals surface area contributed by atoms with E-state index in [0.29, 0.717) is 6.42 Å². The summed E-state index contributed by atoms with van der Waals surface area (Å²) in [4.78, 5) is 15.6. The number of ether oxygens (including phenoxy) is 1. The van der Waals surface area contributed by atoms with Crippen LogP contribution in [0.1, 0.15) is 23.1 Å². The van der Waals surface area contributed by atoms with Crippen molar-refractivity contribution in [2.24, 2.45) is 7.05 Å². The minimum atomic E-state index is -3.86. The fraction of sp³-hybridized carbons (Fsp3) is 0.240. The van der Waals surface area contributed by atoms with Crippen LogP contribution in [0.25, 0.3) is 5.69 Å². The van der Waals surface area contributed by atoms with Crippen LogP contribution in [0.4, 0.5) is 0 Å². The molecule has 0 fully saturated rings. The van der Waals surface area contributed by atoms with E-state index in [2.05, 4.69) is 10.1 Å². The zero-order chi connectivity index (χ0) is 24.8. The average Bonchev–Trinajstić information content (AvgIpc) is 3.55. The largest absolute Gasteiger partial charge is 0.469 e. The van der Waals surface area contributed by atoms with Crippen molar-refractivity contribution in [1.82, 2.24) is 23.6 Å². The molecule has 0 saturated heterocycles. The Labute approximate surface area is 204 Å². The molecule has 0 radical (unpaired) electrons. The van der Waals surface area contributed by atoms with Crippen molar-refractivity contribution in [2.45, 2.75) is 31.0 Å². The highest BCUT2D eigenvalue weighted by Gasteiger charge is 2.27. The molecule has 0 aliphatic rings. The molecule has 0 saturated carbocycles. The normalized spacial score (nSPS) is 11.6. The van der Waals surface area contributed by atoms with Gasteiger partial charge < -0.3 is 9.30 Å². The van der Waals surface area contributed by atoms with Gasteiger partial charge in [0.25, 0.3) is 10.0 Å². The van der Waals surface area contributed by atoms with Gasteiger partial charge in [0.15, 0.2) is 5.03 Å². The highest BCUT2D eigenvalue weighted by molar-refractivity contribution is 7.89. The van der Waals surface area contributed by atoms with Crippen LogP contribution < -0.4 is 0 Å². The molecule has 2 aromatic heterocycles. The molecule has 4 rings (SSSR count). The third-order valence-electron chi connectivity index (χ3n) is 5.55. The summed E-state index contributed by atoms with van der Waals surface area (Å²) in [5.41, 5.74) is 3.48. The van der Waals surface area contributed by atoms with E-state index in [1.807, 2.05) is 60.8 Å². The molecule has 2 heterocycles. The maximum Gasteiger partial charge on any atom is 0.305 e. The van der Waals surface area contributed by atoms with E-state index in [-0.39, 0.29) is 30.5 Å². The second-order valence-corrected chi connectivity index (χ2v) is 10.0. The fourth-order valence-corrected chi connectivity index (χ4v) is 5.08. The molecule has 0 aliphatic carbocycles. The first-order chi connectivity index (χ1) is 16.8. The summed E-state index contributed by atoms with van der Waals surface area (Å²) < 4.78 is 36.5. The number of nitrogens with zero attached hydrogens (tertiary/aromatic N) is 5. The van der Waals surface area contributed by atoms with Crippen molar-refractivity contribution < 1.29 is 17.9 Å². The van der Waals surface area contributed by atoms with Crippen LogP contribution in [-0.2, 0) is 46.1 Å². The number of carbonyl (C=O) groups excluding carboxylic acids is 1. The Balaban J connectivity index is 1.59. The summed E-state index contributed by atoms with van der Waals surface area (Å²) in [6.07, 6.45) is 7.29. The van der Waals surface area contributed by atoms with Gasteiger partial charge in [0.1, 0.15) is 0 Å². The quantitative estimate of drug-likeness (QED) is 0.315. The number of aromatic nitrogens is 4. The van der Waals surface area contributed by atoms with E-state index in [0.717, 1.165) is 22.4 Å². The smallest absolute Gasteiger partial charge is 0.305 e. The van der Waals surface area contributed by atoms with Crippen molar-refractivity contribution in [2.75, 3.05) is 7.11 Å². The van der Waals surface area contributed by atoms with Crippen LogP contribution >= 0.6 is 0 Å². The molecule has 0 unspecified atom stereocenters. The first kappa shape index (κ1) is 24.4. The van der Waals surface area contributed by atoms with Gasteiger partial charge in [-0.15, -0.1) is 0 Å². The Morgan fingerprint density at radius 3 is 2.43 bits per heavy atom. The molecule has 0 amide bonds. The van der Waals surface area contributed by atoms with Crippen LogP contribution in [0.15, 0.2) is 84.5 Å². The molecule has 10 heteroatoms. The summed E-state index contributed by atoms with van der Waals surface area (Å²) in [5, 5.41) is 4.22. The summed E-state index contributed by atoms with van der Waals surface area (Å²) in [5.74, 6) is -0.284. The molecule has 0 N–H and O–H groups in total. The molecule has 0 spiro atoms. The lowest BCUT2D eigenvalue weighted by molar-refractivity contribution is -0.140. The maximum absolute atomic E-state index is 13.5. The monoisotopic (exact) mass is 493 g/mol. The zero-order valence-corrected chi connectivity index (χ0v) is 20.4. The van der Waals surface area contributed by atoms with E-state index in [4.69, 9.17) is 4.74 Å². The highest BCUT2D eigenvalue weighted by atomic mass is 32.2. The number of hydrogen-bond donors (Lipinski definition) is 0. The molecule has 0 aliphatic heterocycles. The second-order valence-electron chi connectivity index (χ2n) is 8.16. The molecule has 4 aromatic rings. The van der Waals surface area contributed by atoms with Gasteiger partial charge in [0, 0.05) is 45.1 Å². The lowest BCUT2D eigenvalue weighted by Crippen LogP contribution is -2.30. The van der Waals surface area contributed by atoms with Crippen LogP contribution in [-0.4, -0.2) is 45.1 Å². The molecule has 2 aromatic carbocycles. The number of sulfonamides is 1. The first-order valence-electron chi connectivity index (χ1n) is 11.1. The summed E-state index contributed by atoms with van der Waals surface area (Å²) in [7, 11) is -0.770. The molecule has 35 heavy (non-hydrogen) atoms. The van der Waals surface area contributed by atoms with Gasteiger partial charge in [-0.2, -0.15) is 9.40 Å². The van der Waals surface area contributed by atoms with Crippen molar-refractivity contribution in [3.8, 4) is 5.69 Å². The molecular formula is C25H27N5O4S. The third-order valence-corrected chi connectivity index (χ3v) is 7.22. The third kappa shape index (κ3) is 6.03. The standard InChI is InChI=1S/C25H27N5O4S/c1-28-18-24(26-19-28)35(32,33)29(16-21-7-10-23(11-8-21)30-14-4-13-27-30)17-22-6-3-5-20(15-22)9-12-25(31)34-2/h3-8,10-11,13-15,18-19H,9,12,16-17H2,1-2H3. The maximum atomic E-state index is 13.5. The van der Waals surface area contributed by atoms with E-state index in [1.165, 1.54) is 23.9 Å². The number of rotatable bonds is 10. The lowest BCUT2D eigenvalue weighted by atomic mass is 10.1. The highest BCUT2D eigenvalue weighted by Crippen LogP contribution is 2.21. The summed E-state index contributed by atoms with van der Waals surface area (Å²) in [6, 6.07) is 17.0. The van der Waals surface area contributed by atoms with Gasteiger partial charge in [0.2, 0.25) is 0 Å². The molecule has 0 bridgehead atoms. The average molecular weight is 494 g/mol. The second kappa shape index (κ2) is 10.7. The fourth-order valence-electron chi connectivity index (χ4n) is 3.70. The van der Waals surface area contributed by atoms with E-state index in [9.17, 15) is 13.2 Å². The van der Waals surface area contributed by atoms with Crippen molar-refractivity contribution in [3.05, 3.63) is 96.2 Å². The van der Waals surface area contributed by atoms with Crippen LogP contribution in [0.2, 0.25) is 0 Å². The molecule has 182 valence electrons. The van der Waals surface area contributed by atoms with E-state index < -0.39 is 10.0 Å². The van der Waals surface area contributed by atoms with E-state index in [1.54, 1.807) is 22.5 Å². The number of benzene rings is 2. The first-order valence-corrected chi connectivity index (χ1v) is 12.5. The van der Waals surface area contributed by atoms with Gasteiger partial charge >= 0.3 is 5.97 Å². The topological polar surface area (TPSA) is 99.3 Å². The predicted octanol–water partition coefficient (Wildman–Crippen LogP) is 3.10. The van der Waals surface area contributed by atoms with Gasteiger partial charge in [-0.05, 0) is 41.3 Å². The number of methoxy groups -OCH3 is 1. The van der Waals surface area contributed by atoms with E-state index >= 15 is 0 Å². The Morgan fingerprint density at radius 1 is 1.03 bits per heavy atom. The number of aryl methyl sites for hydroxylation is 2. The van der Waals surface area contributed by atoms with Crippen molar-refractivity contribution >= 4 is 16.0 Å². The molecule has 0 atom stereocenters. The van der Waals surface area contributed by atoms with Crippen molar-refractivity contribution in [1.29, 1.82) is 0 Å². The van der Waals surface area contributed by atoms with Gasteiger partial charge in [-0.25, -0.2) is 18.1 Å². The lowest BCUT2D eigenvalue weighted by Gasteiger charge is -2.22. The Kier molecular flexibility index (Phi) is 7.42. The number of esters is 1. The number of hydrogen-bond acceptors (Lipinski definition) is 6. The Hall–Kier alpha value is -3.76. The van der Waals surface area contributed by atoms with Gasteiger partial charge in [-0.3, -0.25) is 4.79 Å². The minimum absolute atomic E-state index is 0.00462. The number of carbonyl (C=O) groups is 1. The van der Waals surface area contributed by atoms with Gasteiger partial charge in [0.05, 0.1) is 19.1 Å². The Morgan fingerprint density at radius 2 is 1.77 bits per heavy atom. The zero-order valence-electron chi connectivity index (χ0n) is 19.6. The molecular weight excluding hydrogens is 466 g/mol.